The molecule has 0 unspecified atom stereocenters. The molecule has 0 radical (unpaired) electrons. The number of anilines is 1. The van der Waals surface area contributed by atoms with Crippen LogP contribution in [0.5, 0.6) is 5.75 Å². The fourth-order valence-electron chi connectivity index (χ4n) is 3.11. The summed E-state index contributed by atoms with van der Waals surface area (Å²) in [6, 6.07) is 9.62. The van der Waals surface area contributed by atoms with Crippen molar-refractivity contribution in [3.63, 3.8) is 0 Å². The highest BCUT2D eigenvalue weighted by Crippen LogP contribution is 2.40. The van der Waals surface area contributed by atoms with Gasteiger partial charge in [0, 0.05) is 12.1 Å². The Bertz CT molecular complexity index is 827. The zero-order chi connectivity index (χ0) is 15.3. The lowest BCUT2D eigenvalue weighted by molar-refractivity contribution is -0.115. The molecule has 5 nitrogen and oxygen atoms in total. The Labute approximate surface area is 127 Å². The van der Waals surface area contributed by atoms with E-state index in [4.69, 9.17) is 4.74 Å². The van der Waals surface area contributed by atoms with E-state index in [1.807, 2.05) is 30.3 Å². The minimum absolute atomic E-state index is 0.0420. The van der Waals surface area contributed by atoms with Gasteiger partial charge in [-0.2, -0.15) is 0 Å². The molecule has 2 aromatic rings. The van der Waals surface area contributed by atoms with E-state index in [0.29, 0.717) is 24.3 Å². The average molecular weight is 294 g/mol. The van der Waals surface area contributed by atoms with Crippen molar-refractivity contribution in [1.29, 1.82) is 0 Å². The normalized spacial score (nSPS) is 15.1. The summed E-state index contributed by atoms with van der Waals surface area (Å²) < 4.78 is 5.31. The quantitative estimate of drug-likeness (QED) is 0.891. The molecular formula is C17H14N2O3. The highest BCUT2D eigenvalue weighted by atomic mass is 16.5. The number of carbonyl (C=O) groups is 2. The molecule has 2 aromatic carbocycles. The zero-order valence-electron chi connectivity index (χ0n) is 12.0. The Kier molecular flexibility index (Phi) is 2.69. The fraction of sp³-hybridized carbons (Fsp3) is 0.176. The zero-order valence-corrected chi connectivity index (χ0v) is 12.0. The Morgan fingerprint density at radius 2 is 1.95 bits per heavy atom. The van der Waals surface area contributed by atoms with Gasteiger partial charge in [-0.1, -0.05) is 18.2 Å². The van der Waals surface area contributed by atoms with Crippen molar-refractivity contribution in [2.45, 2.75) is 13.0 Å². The van der Waals surface area contributed by atoms with Gasteiger partial charge in [0.05, 0.1) is 19.2 Å². The maximum Gasteiger partial charge on any atom is 0.251 e. The summed E-state index contributed by atoms with van der Waals surface area (Å²) >= 11 is 0. The third-order valence-electron chi connectivity index (χ3n) is 4.20. The number of amides is 2. The van der Waals surface area contributed by atoms with E-state index in [1.54, 1.807) is 7.11 Å². The van der Waals surface area contributed by atoms with Crippen molar-refractivity contribution in [3.8, 4) is 16.9 Å². The number of fused-ring (bicyclic) bond motifs is 2. The van der Waals surface area contributed by atoms with Crippen molar-refractivity contribution < 1.29 is 14.3 Å². The standard InChI is InChI=1S/C17H14N2O3/c1-22-14-5-4-11(13-7-15(20)19-16(13)14)9-2-3-10-8-18-17(21)12(10)6-9/h2-6H,7-8H2,1H3,(H,18,21)(H,19,20). The molecule has 5 heteroatoms. The Hall–Kier alpha value is -2.82. The van der Waals surface area contributed by atoms with E-state index in [0.717, 1.165) is 27.9 Å². The number of hydrogen-bond donors (Lipinski definition) is 2. The minimum Gasteiger partial charge on any atom is -0.495 e. The third kappa shape index (κ3) is 1.79. The number of nitrogens with one attached hydrogen (secondary N) is 2. The molecule has 2 aliphatic rings. The molecule has 2 N–H and O–H groups in total. The van der Waals surface area contributed by atoms with Crippen LogP contribution in [0, 0.1) is 0 Å². The summed E-state index contributed by atoms with van der Waals surface area (Å²) in [6.45, 7) is 0.579. The molecule has 0 saturated carbocycles. The van der Waals surface area contributed by atoms with Crippen molar-refractivity contribution in [2.75, 3.05) is 12.4 Å². The van der Waals surface area contributed by atoms with E-state index >= 15 is 0 Å². The van der Waals surface area contributed by atoms with Crippen molar-refractivity contribution in [2.24, 2.45) is 0 Å². The Morgan fingerprint density at radius 3 is 2.77 bits per heavy atom. The largest absolute Gasteiger partial charge is 0.495 e. The van der Waals surface area contributed by atoms with E-state index in [2.05, 4.69) is 10.6 Å². The van der Waals surface area contributed by atoms with Gasteiger partial charge < -0.3 is 15.4 Å². The first-order valence-electron chi connectivity index (χ1n) is 7.08. The molecule has 110 valence electrons. The monoisotopic (exact) mass is 294 g/mol. The third-order valence-corrected chi connectivity index (χ3v) is 4.20. The van der Waals surface area contributed by atoms with Crippen LogP contribution in [0.2, 0.25) is 0 Å². The maximum absolute atomic E-state index is 11.8. The molecule has 2 heterocycles. The van der Waals surface area contributed by atoms with Crippen LogP contribution in [0.4, 0.5) is 5.69 Å². The molecule has 0 atom stereocenters. The number of rotatable bonds is 2. The smallest absolute Gasteiger partial charge is 0.251 e. The average Bonchev–Trinajstić information content (AvgIpc) is 3.09. The second-order valence-electron chi connectivity index (χ2n) is 5.45. The number of methoxy groups -OCH3 is 1. The van der Waals surface area contributed by atoms with Gasteiger partial charge in [0.1, 0.15) is 5.75 Å². The molecule has 22 heavy (non-hydrogen) atoms. The molecule has 0 aromatic heterocycles. The van der Waals surface area contributed by atoms with Gasteiger partial charge in [0.2, 0.25) is 5.91 Å². The summed E-state index contributed by atoms with van der Waals surface area (Å²) in [6.07, 6.45) is 0.325. The highest BCUT2D eigenvalue weighted by Gasteiger charge is 2.26. The van der Waals surface area contributed by atoms with E-state index in [-0.39, 0.29) is 11.8 Å². The molecule has 2 amide bonds. The first-order chi connectivity index (χ1) is 10.7. The summed E-state index contributed by atoms with van der Waals surface area (Å²) in [5, 5.41) is 5.66. The predicted octanol–water partition coefficient (Wildman–Crippen LogP) is 2.10. The predicted molar refractivity (Wildman–Crippen MR) is 81.9 cm³/mol. The molecule has 0 spiro atoms. The highest BCUT2D eigenvalue weighted by molar-refractivity contribution is 6.04. The van der Waals surface area contributed by atoms with Gasteiger partial charge in [-0.3, -0.25) is 9.59 Å². The van der Waals surface area contributed by atoms with Crippen LogP contribution >= 0.6 is 0 Å². The SMILES string of the molecule is COc1ccc(-c2ccc3c(c2)C(=O)NC3)c2c1NC(=O)C2. The first kappa shape index (κ1) is 12.9. The second kappa shape index (κ2) is 4.59. The summed E-state index contributed by atoms with van der Waals surface area (Å²) in [5.41, 5.74) is 5.26. The molecule has 0 saturated heterocycles. The van der Waals surface area contributed by atoms with Crippen LogP contribution in [0.25, 0.3) is 11.1 Å². The lowest BCUT2D eigenvalue weighted by atomic mass is 9.95. The van der Waals surface area contributed by atoms with Crippen molar-refractivity contribution in [1.82, 2.24) is 5.32 Å². The first-order valence-corrected chi connectivity index (χ1v) is 7.08. The van der Waals surface area contributed by atoms with E-state index in [1.165, 1.54) is 0 Å². The van der Waals surface area contributed by atoms with Gasteiger partial charge in [0.15, 0.2) is 0 Å². The Morgan fingerprint density at radius 1 is 1.09 bits per heavy atom. The van der Waals surface area contributed by atoms with Crippen LogP contribution in [0.3, 0.4) is 0 Å². The minimum atomic E-state index is -0.0452. The van der Waals surface area contributed by atoms with Crippen LogP contribution < -0.4 is 15.4 Å². The van der Waals surface area contributed by atoms with Crippen LogP contribution in [-0.2, 0) is 17.8 Å². The number of benzene rings is 2. The van der Waals surface area contributed by atoms with Gasteiger partial charge in [-0.15, -0.1) is 0 Å². The molecule has 4 rings (SSSR count). The van der Waals surface area contributed by atoms with Gasteiger partial charge >= 0.3 is 0 Å². The van der Waals surface area contributed by atoms with Gasteiger partial charge in [-0.25, -0.2) is 0 Å². The number of ether oxygens (including phenoxy) is 1. The number of carbonyl (C=O) groups excluding carboxylic acids is 2. The van der Waals surface area contributed by atoms with E-state index < -0.39 is 0 Å². The lowest BCUT2D eigenvalue weighted by Gasteiger charge is -2.12. The topological polar surface area (TPSA) is 67.4 Å². The lowest BCUT2D eigenvalue weighted by Crippen LogP contribution is -2.12. The molecule has 0 aliphatic carbocycles. The van der Waals surface area contributed by atoms with Crippen LogP contribution in [0.1, 0.15) is 21.5 Å². The summed E-state index contributed by atoms with van der Waals surface area (Å²) in [7, 11) is 1.58. The van der Waals surface area contributed by atoms with Gasteiger partial charge in [0.25, 0.3) is 5.91 Å². The van der Waals surface area contributed by atoms with Crippen LogP contribution in [-0.4, -0.2) is 18.9 Å². The van der Waals surface area contributed by atoms with Crippen molar-refractivity contribution >= 4 is 17.5 Å². The van der Waals surface area contributed by atoms with E-state index in [9.17, 15) is 9.59 Å². The summed E-state index contributed by atoms with van der Waals surface area (Å²) in [4.78, 5) is 23.6. The molecule has 2 aliphatic heterocycles. The van der Waals surface area contributed by atoms with Crippen molar-refractivity contribution in [3.05, 3.63) is 47.0 Å². The van der Waals surface area contributed by atoms with Crippen LogP contribution in [0.15, 0.2) is 30.3 Å². The fourth-order valence-corrected chi connectivity index (χ4v) is 3.11. The Balaban J connectivity index is 1.88. The molecule has 0 fully saturated rings. The second-order valence-corrected chi connectivity index (χ2v) is 5.45. The maximum atomic E-state index is 11.8. The number of hydrogen-bond acceptors (Lipinski definition) is 3. The molecule has 0 bridgehead atoms. The molecular weight excluding hydrogens is 280 g/mol. The summed E-state index contributed by atoms with van der Waals surface area (Å²) in [5.74, 6) is 0.569. The van der Waals surface area contributed by atoms with Gasteiger partial charge in [-0.05, 0) is 34.4 Å².